The number of nitriles is 2. The van der Waals surface area contributed by atoms with Crippen LogP contribution in [0.3, 0.4) is 0 Å². The van der Waals surface area contributed by atoms with Crippen molar-refractivity contribution in [3.63, 3.8) is 0 Å². The molecule has 1 aromatic carbocycles. The normalized spacial score (nSPS) is 9.47. The van der Waals surface area contributed by atoms with Crippen molar-refractivity contribution < 1.29 is 4.42 Å². The van der Waals surface area contributed by atoms with E-state index in [1.54, 1.807) is 12.1 Å². The van der Waals surface area contributed by atoms with E-state index in [1.807, 2.05) is 12.1 Å². The lowest BCUT2D eigenvalue weighted by Gasteiger charge is -1.98. The van der Waals surface area contributed by atoms with Gasteiger partial charge < -0.3 is 4.42 Å². The smallest absolute Gasteiger partial charge is 0.336 e. The van der Waals surface area contributed by atoms with Crippen molar-refractivity contribution in [2.24, 2.45) is 0 Å². The molecule has 70 valence electrons. The minimum Gasteiger partial charge on any atom is -0.421 e. The van der Waals surface area contributed by atoms with Crippen molar-refractivity contribution in [2.45, 2.75) is 0 Å². The summed E-state index contributed by atoms with van der Waals surface area (Å²) in [5, 5.41) is 18.3. The van der Waals surface area contributed by atoms with Gasteiger partial charge in [0.05, 0.1) is 5.56 Å². The molecule has 0 saturated heterocycles. The van der Waals surface area contributed by atoms with Gasteiger partial charge >= 0.3 is 5.63 Å². The fourth-order valence-corrected chi connectivity index (χ4v) is 1.34. The number of nitrogens with zero attached hydrogens (tertiary/aromatic N) is 2. The van der Waals surface area contributed by atoms with E-state index in [0.29, 0.717) is 5.39 Å². The van der Waals surface area contributed by atoms with Crippen molar-refractivity contribution in [1.29, 1.82) is 10.5 Å². The number of benzene rings is 1. The van der Waals surface area contributed by atoms with E-state index >= 15 is 0 Å². The average Bonchev–Trinajstić information content (AvgIpc) is 2.27. The summed E-state index contributed by atoms with van der Waals surface area (Å²) >= 11 is 0. The maximum atomic E-state index is 11.0. The van der Waals surface area contributed by atoms with Gasteiger partial charge in [0.25, 0.3) is 0 Å². The average molecular weight is 196 g/mol. The summed E-state index contributed by atoms with van der Waals surface area (Å²) in [6.07, 6.45) is 0. The molecule has 0 bridgehead atoms. The quantitative estimate of drug-likeness (QED) is 0.598. The maximum Gasteiger partial charge on any atom is 0.336 e. The van der Waals surface area contributed by atoms with E-state index < -0.39 is 5.63 Å². The zero-order valence-corrected chi connectivity index (χ0v) is 7.52. The largest absolute Gasteiger partial charge is 0.421 e. The lowest BCUT2D eigenvalue weighted by atomic mass is 10.1. The summed E-state index contributed by atoms with van der Waals surface area (Å²) in [5.74, 6) is 0. The molecule has 1 heterocycles. The van der Waals surface area contributed by atoms with E-state index in [1.165, 1.54) is 12.1 Å². The molecular weight excluding hydrogens is 192 g/mol. The van der Waals surface area contributed by atoms with Crippen LogP contribution in [0.25, 0.3) is 11.0 Å². The molecule has 0 amide bonds. The monoisotopic (exact) mass is 196 g/mol. The van der Waals surface area contributed by atoms with Crippen LogP contribution in [0.1, 0.15) is 11.1 Å². The van der Waals surface area contributed by atoms with Crippen molar-refractivity contribution in [1.82, 2.24) is 0 Å². The number of fused-ring (bicyclic) bond motifs is 1. The van der Waals surface area contributed by atoms with Crippen LogP contribution in [-0.2, 0) is 0 Å². The Labute approximate surface area is 84.6 Å². The Morgan fingerprint density at radius 2 is 1.80 bits per heavy atom. The van der Waals surface area contributed by atoms with Gasteiger partial charge in [-0.3, -0.25) is 0 Å². The second-order valence-corrected chi connectivity index (χ2v) is 2.88. The summed E-state index contributed by atoms with van der Waals surface area (Å²) in [7, 11) is 0. The summed E-state index contributed by atoms with van der Waals surface area (Å²) in [6.45, 7) is 0. The number of rotatable bonds is 0. The molecule has 0 saturated carbocycles. The van der Waals surface area contributed by atoms with Crippen LogP contribution >= 0.6 is 0 Å². The lowest BCUT2D eigenvalue weighted by molar-refractivity contribution is 0.560. The van der Waals surface area contributed by atoms with Crippen LogP contribution in [0.5, 0.6) is 0 Å². The van der Waals surface area contributed by atoms with Crippen molar-refractivity contribution >= 4 is 11.0 Å². The predicted molar refractivity (Wildman–Crippen MR) is 51.9 cm³/mol. The van der Waals surface area contributed by atoms with Gasteiger partial charge in [-0.2, -0.15) is 10.5 Å². The van der Waals surface area contributed by atoms with Crippen LogP contribution < -0.4 is 5.63 Å². The maximum absolute atomic E-state index is 11.0. The third-order valence-electron chi connectivity index (χ3n) is 2.02. The Morgan fingerprint density at radius 1 is 1.07 bits per heavy atom. The van der Waals surface area contributed by atoms with Crippen molar-refractivity contribution in [3.05, 3.63) is 45.8 Å². The van der Waals surface area contributed by atoms with Crippen molar-refractivity contribution in [3.8, 4) is 12.1 Å². The minimum atomic E-state index is -0.533. The van der Waals surface area contributed by atoms with Crippen LogP contribution in [0.2, 0.25) is 0 Å². The summed E-state index contributed by atoms with van der Waals surface area (Å²) in [6, 6.07) is 9.73. The molecule has 2 aromatic rings. The topological polar surface area (TPSA) is 77.8 Å². The highest BCUT2D eigenvalue weighted by Gasteiger charge is 2.09. The van der Waals surface area contributed by atoms with Gasteiger partial charge in [-0.05, 0) is 18.2 Å². The van der Waals surface area contributed by atoms with Gasteiger partial charge in [0.1, 0.15) is 17.7 Å². The Balaban J connectivity index is 3.01. The van der Waals surface area contributed by atoms with Gasteiger partial charge in [0, 0.05) is 11.5 Å². The Bertz CT molecular complexity index is 672. The van der Waals surface area contributed by atoms with Gasteiger partial charge in [0.15, 0.2) is 5.58 Å². The fraction of sp³-hybridized carbons (Fsp3) is 0. The third-order valence-corrected chi connectivity index (χ3v) is 2.02. The van der Waals surface area contributed by atoms with Gasteiger partial charge in [-0.25, -0.2) is 4.79 Å². The second-order valence-electron chi connectivity index (χ2n) is 2.88. The predicted octanol–water partition coefficient (Wildman–Crippen LogP) is 1.54. The van der Waals surface area contributed by atoms with Crippen molar-refractivity contribution in [2.75, 3.05) is 0 Å². The first-order valence-corrected chi connectivity index (χ1v) is 4.13. The molecular formula is C11H4N2O2. The molecule has 4 nitrogen and oxygen atoms in total. The molecule has 0 radical (unpaired) electrons. The Kier molecular flexibility index (Phi) is 1.97. The molecule has 15 heavy (non-hydrogen) atoms. The highest BCUT2D eigenvalue weighted by atomic mass is 16.4. The van der Waals surface area contributed by atoms with E-state index in [2.05, 4.69) is 0 Å². The highest BCUT2D eigenvalue weighted by Crippen LogP contribution is 2.19. The summed E-state index contributed by atoms with van der Waals surface area (Å²) in [4.78, 5) is 11.0. The Hall–Kier alpha value is -2.59. The molecule has 1 aromatic heterocycles. The fourth-order valence-electron chi connectivity index (χ4n) is 1.34. The first kappa shape index (κ1) is 8.98. The van der Waals surface area contributed by atoms with E-state index in [4.69, 9.17) is 14.9 Å². The molecule has 0 fully saturated rings. The number of hydrogen-bond acceptors (Lipinski definition) is 4. The first-order chi connectivity index (χ1) is 7.26. The van der Waals surface area contributed by atoms with Gasteiger partial charge in [0.2, 0.25) is 0 Å². The number of hydrogen-bond donors (Lipinski definition) is 0. The lowest BCUT2D eigenvalue weighted by Crippen LogP contribution is -1.96. The Morgan fingerprint density at radius 3 is 2.47 bits per heavy atom. The zero-order chi connectivity index (χ0) is 10.8. The van der Waals surface area contributed by atoms with E-state index in [9.17, 15) is 4.79 Å². The van der Waals surface area contributed by atoms with Crippen LogP contribution in [0.15, 0.2) is 33.5 Å². The third kappa shape index (κ3) is 1.34. The summed E-state index contributed by atoms with van der Waals surface area (Å²) < 4.78 is 4.90. The van der Waals surface area contributed by atoms with Crippen LogP contribution in [0.4, 0.5) is 0 Å². The van der Waals surface area contributed by atoms with Gasteiger partial charge in [-0.1, -0.05) is 0 Å². The highest BCUT2D eigenvalue weighted by molar-refractivity contribution is 5.84. The standard InChI is InChI=1S/C11H4N2O2/c12-5-8-2-1-7-3-4-10(14)15-11(7)9(8)6-13/h1-4H. The van der Waals surface area contributed by atoms with E-state index in [0.717, 1.165) is 0 Å². The molecule has 0 aliphatic carbocycles. The van der Waals surface area contributed by atoms with Gasteiger partial charge in [-0.15, -0.1) is 0 Å². The molecule has 0 atom stereocenters. The van der Waals surface area contributed by atoms with E-state index in [-0.39, 0.29) is 16.7 Å². The SMILES string of the molecule is N#Cc1ccc2ccc(=O)oc2c1C#N. The second kappa shape index (κ2) is 3.28. The molecule has 0 aliphatic heterocycles. The molecule has 0 aliphatic rings. The zero-order valence-electron chi connectivity index (χ0n) is 7.52. The molecule has 0 unspecified atom stereocenters. The first-order valence-electron chi connectivity index (χ1n) is 4.13. The molecule has 2 rings (SSSR count). The molecule has 0 N–H and O–H groups in total. The minimum absolute atomic E-state index is 0.104. The molecule has 0 spiro atoms. The molecule has 4 heteroatoms. The van der Waals surface area contributed by atoms with Crippen LogP contribution in [0, 0.1) is 22.7 Å². The summed E-state index contributed by atoms with van der Waals surface area (Å²) in [5.41, 5.74) is -0.0508. The van der Waals surface area contributed by atoms with Crippen LogP contribution in [-0.4, -0.2) is 0 Å².